The number of ketones is 1. The van der Waals surface area contributed by atoms with Gasteiger partial charge in [-0.05, 0) is 36.6 Å². The van der Waals surface area contributed by atoms with E-state index in [0.29, 0.717) is 24.3 Å². The SMILES string of the molecule is COc1ccc(-c2cc3n(c2)C2(CCCCC2)C(=O)C(C(=O)NCC(=O)O)=C3O)cc1. The molecule has 0 saturated heterocycles. The first-order chi connectivity index (χ1) is 14.9. The van der Waals surface area contributed by atoms with Crippen molar-refractivity contribution in [3.63, 3.8) is 0 Å². The molecule has 1 saturated carbocycles. The van der Waals surface area contributed by atoms with Crippen LogP contribution in [0.25, 0.3) is 16.9 Å². The Balaban J connectivity index is 1.83. The number of aliphatic hydroxyl groups excluding tert-OH is 1. The van der Waals surface area contributed by atoms with Gasteiger partial charge in [0.1, 0.15) is 23.4 Å². The van der Waals surface area contributed by atoms with Crippen molar-refractivity contribution in [3.8, 4) is 16.9 Å². The largest absolute Gasteiger partial charge is 0.505 e. The first-order valence-electron chi connectivity index (χ1n) is 10.2. The molecule has 1 aliphatic carbocycles. The lowest BCUT2D eigenvalue weighted by Crippen LogP contribution is -2.50. The van der Waals surface area contributed by atoms with Crippen LogP contribution in [0, 0.1) is 0 Å². The van der Waals surface area contributed by atoms with Crippen LogP contribution in [0.3, 0.4) is 0 Å². The highest BCUT2D eigenvalue weighted by atomic mass is 16.5. The smallest absolute Gasteiger partial charge is 0.322 e. The van der Waals surface area contributed by atoms with Crippen LogP contribution in [0.15, 0.2) is 42.1 Å². The quantitative estimate of drug-likeness (QED) is 0.636. The van der Waals surface area contributed by atoms with Crippen molar-refractivity contribution >= 4 is 23.4 Å². The number of benzene rings is 1. The van der Waals surface area contributed by atoms with E-state index in [1.54, 1.807) is 17.7 Å². The Bertz CT molecular complexity index is 1070. The second kappa shape index (κ2) is 7.94. The molecular formula is C23H24N2O6. The average molecular weight is 424 g/mol. The van der Waals surface area contributed by atoms with Gasteiger partial charge in [-0.1, -0.05) is 31.4 Å². The molecule has 0 bridgehead atoms. The van der Waals surface area contributed by atoms with Crippen molar-refractivity contribution in [2.45, 2.75) is 37.6 Å². The fraction of sp³-hybridized carbons (Fsp3) is 0.348. The minimum atomic E-state index is -1.23. The minimum absolute atomic E-state index is 0.366. The molecule has 1 amide bonds. The van der Waals surface area contributed by atoms with Gasteiger partial charge in [-0.15, -0.1) is 0 Å². The highest BCUT2D eigenvalue weighted by Crippen LogP contribution is 2.45. The van der Waals surface area contributed by atoms with Crippen LogP contribution in [-0.4, -0.2) is 46.1 Å². The molecule has 8 nitrogen and oxygen atoms in total. The van der Waals surface area contributed by atoms with Crippen LogP contribution in [0.2, 0.25) is 0 Å². The molecule has 0 unspecified atom stereocenters. The number of Topliss-reactive ketones (excluding diaryl/α,β-unsaturated/α-hetero) is 1. The summed E-state index contributed by atoms with van der Waals surface area (Å²) < 4.78 is 7.01. The number of aliphatic hydroxyl groups is 1. The Morgan fingerprint density at radius 3 is 2.42 bits per heavy atom. The number of nitrogens with zero attached hydrogens (tertiary/aromatic N) is 1. The molecule has 2 aliphatic rings. The number of rotatable bonds is 5. The number of nitrogens with one attached hydrogen (secondary N) is 1. The van der Waals surface area contributed by atoms with Crippen molar-refractivity contribution in [2.75, 3.05) is 13.7 Å². The monoisotopic (exact) mass is 424 g/mol. The Kier molecular flexibility index (Phi) is 5.31. The summed E-state index contributed by atoms with van der Waals surface area (Å²) in [6.45, 7) is -0.631. The molecule has 1 fully saturated rings. The molecule has 3 N–H and O–H groups in total. The Morgan fingerprint density at radius 2 is 1.81 bits per heavy atom. The summed E-state index contributed by atoms with van der Waals surface area (Å²) in [7, 11) is 1.59. The third-order valence-corrected chi connectivity index (χ3v) is 6.14. The van der Waals surface area contributed by atoms with Crippen molar-refractivity contribution in [2.24, 2.45) is 0 Å². The number of carboxylic acids is 1. The number of carboxylic acid groups (broad SMARTS) is 1. The fourth-order valence-corrected chi connectivity index (χ4v) is 4.58. The summed E-state index contributed by atoms with van der Waals surface area (Å²) in [6.07, 6.45) is 5.60. The molecule has 8 heteroatoms. The van der Waals surface area contributed by atoms with E-state index in [-0.39, 0.29) is 5.57 Å². The van der Waals surface area contributed by atoms with Crippen molar-refractivity contribution in [1.82, 2.24) is 9.88 Å². The molecule has 2 heterocycles. The third kappa shape index (κ3) is 3.48. The zero-order valence-electron chi connectivity index (χ0n) is 17.2. The number of hydrogen-bond acceptors (Lipinski definition) is 5. The molecule has 1 aliphatic heterocycles. The molecule has 1 spiro atoms. The molecule has 0 radical (unpaired) electrons. The normalized spacial score (nSPS) is 17.4. The molecular weight excluding hydrogens is 400 g/mol. The lowest BCUT2D eigenvalue weighted by atomic mass is 9.74. The third-order valence-electron chi connectivity index (χ3n) is 6.14. The number of ether oxygens (including phenoxy) is 1. The number of aliphatic carboxylic acids is 1. The highest BCUT2D eigenvalue weighted by Gasteiger charge is 2.49. The van der Waals surface area contributed by atoms with Crippen LogP contribution in [0.1, 0.15) is 37.8 Å². The fourth-order valence-electron chi connectivity index (χ4n) is 4.58. The van der Waals surface area contributed by atoms with Crippen molar-refractivity contribution in [3.05, 3.63) is 47.8 Å². The van der Waals surface area contributed by atoms with Gasteiger partial charge >= 0.3 is 5.97 Å². The maximum atomic E-state index is 13.5. The van der Waals surface area contributed by atoms with Gasteiger partial charge in [0.05, 0.1) is 12.8 Å². The van der Waals surface area contributed by atoms with E-state index >= 15 is 0 Å². The topological polar surface area (TPSA) is 118 Å². The van der Waals surface area contributed by atoms with E-state index in [1.165, 1.54) is 0 Å². The summed E-state index contributed by atoms with van der Waals surface area (Å²) in [6, 6.07) is 9.18. The van der Waals surface area contributed by atoms with Gasteiger partial charge in [-0.3, -0.25) is 14.4 Å². The molecule has 2 aromatic rings. The summed E-state index contributed by atoms with van der Waals surface area (Å²) >= 11 is 0. The summed E-state index contributed by atoms with van der Waals surface area (Å²) in [5.74, 6) is -2.27. The van der Waals surface area contributed by atoms with E-state index < -0.39 is 35.5 Å². The highest BCUT2D eigenvalue weighted by molar-refractivity contribution is 6.27. The van der Waals surface area contributed by atoms with E-state index in [2.05, 4.69) is 5.32 Å². The standard InChI is InChI=1S/C23H24N2O6/c1-31-16-7-5-14(6-8-16)15-11-17-20(28)19(22(30)24-12-18(26)27)21(29)23(25(17)13-15)9-3-2-4-10-23/h5-8,11,13,28H,2-4,9-10,12H2,1H3,(H,24,30)(H,26,27). The van der Waals surface area contributed by atoms with Gasteiger partial charge < -0.3 is 24.8 Å². The molecule has 162 valence electrons. The van der Waals surface area contributed by atoms with Crippen LogP contribution >= 0.6 is 0 Å². The second-order valence-corrected chi connectivity index (χ2v) is 7.93. The lowest BCUT2D eigenvalue weighted by Gasteiger charge is -2.41. The molecule has 1 aromatic carbocycles. The number of amides is 1. The second-order valence-electron chi connectivity index (χ2n) is 7.93. The maximum absolute atomic E-state index is 13.5. The van der Waals surface area contributed by atoms with Gasteiger partial charge in [0.2, 0.25) is 0 Å². The van der Waals surface area contributed by atoms with Crippen LogP contribution in [-0.2, 0) is 19.9 Å². The van der Waals surface area contributed by atoms with Crippen molar-refractivity contribution < 1.29 is 29.3 Å². The van der Waals surface area contributed by atoms with Gasteiger partial charge in [-0.25, -0.2) is 0 Å². The number of carbonyl (C=O) groups is 3. The van der Waals surface area contributed by atoms with Crippen LogP contribution < -0.4 is 10.1 Å². The number of aromatic nitrogens is 1. The maximum Gasteiger partial charge on any atom is 0.322 e. The Labute approximate surface area is 179 Å². The van der Waals surface area contributed by atoms with E-state index in [1.807, 2.05) is 30.5 Å². The zero-order chi connectivity index (χ0) is 22.2. The number of carbonyl (C=O) groups excluding carboxylic acids is 2. The number of methoxy groups -OCH3 is 1. The predicted octanol–water partition coefficient (Wildman–Crippen LogP) is 2.88. The number of hydrogen-bond donors (Lipinski definition) is 3. The Morgan fingerprint density at radius 1 is 1.13 bits per heavy atom. The van der Waals surface area contributed by atoms with Gasteiger partial charge in [-0.2, -0.15) is 0 Å². The zero-order valence-corrected chi connectivity index (χ0v) is 17.2. The van der Waals surface area contributed by atoms with E-state index in [0.717, 1.165) is 30.4 Å². The Hall–Kier alpha value is -3.55. The summed E-state index contributed by atoms with van der Waals surface area (Å²) in [4.78, 5) is 37.1. The molecule has 31 heavy (non-hydrogen) atoms. The first-order valence-corrected chi connectivity index (χ1v) is 10.2. The van der Waals surface area contributed by atoms with Crippen molar-refractivity contribution in [1.29, 1.82) is 0 Å². The van der Waals surface area contributed by atoms with Gasteiger partial charge in [0.25, 0.3) is 5.91 Å². The average Bonchev–Trinajstić information content (AvgIpc) is 3.24. The van der Waals surface area contributed by atoms with Crippen LogP contribution in [0.5, 0.6) is 5.75 Å². The summed E-state index contributed by atoms with van der Waals surface area (Å²) in [5, 5.41) is 22.0. The lowest BCUT2D eigenvalue weighted by molar-refractivity contribution is -0.138. The summed E-state index contributed by atoms with van der Waals surface area (Å²) in [5.41, 5.74) is 0.739. The van der Waals surface area contributed by atoms with E-state index in [9.17, 15) is 19.5 Å². The molecule has 0 atom stereocenters. The van der Waals surface area contributed by atoms with Gasteiger partial charge in [0.15, 0.2) is 11.5 Å². The van der Waals surface area contributed by atoms with Crippen LogP contribution in [0.4, 0.5) is 0 Å². The molecule has 4 rings (SSSR count). The predicted molar refractivity (Wildman–Crippen MR) is 113 cm³/mol. The minimum Gasteiger partial charge on any atom is -0.505 e. The first kappa shape index (κ1) is 20.7. The van der Waals surface area contributed by atoms with E-state index in [4.69, 9.17) is 9.84 Å². The number of fused-ring (bicyclic) bond motifs is 2. The molecule has 1 aromatic heterocycles. The van der Waals surface area contributed by atoms with Gasteiger partial charge in [0, 0.05) is 11.8 Å².